The van der Waals surface area contributed by atoms with E-state index in [0.717, 1.165) is 19.3 Å². The zero-order valence-corrected chi connectivity index (χ0v) is 7.79. The van der Waals surface area contributed by atoms with Crippen LogP contribution in [0.5, 0.6) is 0 Å². The lowest BCUT2D eigenvalue weighted by atomic mass is 9.84. The SMILES string of the molecule is CCOC(=O)C12CCC(C1)C1OC12. The smallest absolute Gasteiger partial charge is 0.314 e. The molecule has 3 aliphatic rings. The van der Waals surface area contributed by atoms with E-state index in [1.54, 1.807) is 0 Å². The number of hydrogen-bond donors (Lipinski definition) is 0. The van der Waals surface area contributed by atoms with E-state index < -0.39 is 0 Å². The van der Waals surface area contributed by atoms with E-state index in [9.17, 15) is 4.79 Å². The summed E-state index contributed by atoms with van der Waals surface area (Å²) in [7, 11) is 0. The number of carbonyl (C=O) groups excluding carboxylic acids is 1. The highest BCUT2D eigenvalue weighted by Gasteiger charge is 2.71. The molecule has 2 saturated carbocycles. The van der Waals surface area contributed by atoms with Crippen molar-refractivity contribution in [3.63, 3.8) is 0 Å². The zero-order valence-electron chi connectivity index (χ0n) is 7.79. The summed E-state index contributed by atoms with van der Waals surface area (Å²) < 4.78 is 10.6. The molecule has 3 fully saturated rings. The Hall–Kier alpha value is -0.570. The molecule has 1 aliphatic heterocycles. The highest BCUT2D eigenvalue weighted by atomic mass is 16.6. The minimum atomic E-state index is -0.231. The van der Waals surface area contributed by atoms with Crippen LogP contribution in [-0.4, -0.2) is 24.8 Å². The monoisotopic (exact) mass is 182 g/mol. The van der Waals surface area contributed by atoms with Crippen molar-refractivity contribution in [1.29, 1.82) is 0 Å². The number of hydrogen-bond acceptors (Lipinski definition) is 3. The van der Waals surface area contributed by atoms with E-state index in [1.165, 1.54) is 0 Å². The number of esters is 1. The van der Waals surface area contributed by atoms with Gasteiger partial charge in [0.25, 0.3) is 0 Å². The quantitative estimate of drug-likeness (QED) is 0.474. The van der Waals surface area contributed by atoms with Gasteiger partial charge in [0.1, 0.15) is 6.10 Å². The maximum atomic E-state index is 11.8. The number of fused-ring (bicyclic) bond motifs is 5. The molecule has 0 aromatic carbocycles. The van der Waals surface area contributed by atoms with Crippen LogP contribution in [0.1, 0.15) is 26.2 Å². The average molecular weight is 182 g/mol. The lowest BCUT2D eigenvalue weighted by molar-refractivity contribution is -0.156. The van der Waals surface area contributed by atoms with Gasteiger partial charge in [-0.2, -0.15) is 0 Å². The molecule has 13 heavy (non-hydrogen) atoms. The van der Waals surface area contributed by atoms with Crippen LogP contribution in [0.3, 0.4) is 0 Å². The highest BCUT2D eigenvalue weighted by molar-refractivity contribution is 5.79. The van der Waals surface area contributed by atoms with E-state index >= 15 is 0 Å². The molecule has 0 aromatic heterocycles. The Kier molecular flexibility index (Phi) is 1.36. The first-order valence-electron chi connectivity index (χ1n) is 5.10. The van der Waals surface area contributed by atoms with E-state index in [1.807, 2.05) is 6.92 Å². The summed E-state index contributed by atoms with van der Waals surface area (Å²) in [6.07, 6.45) is 3.77. The Bertz CT molecular complexity index is 263. The second-order valence-electron chi connectivity index (χ2n) is 4.40. The molecule has 1 heterocycles. The fourth-order valence-corrected chi connectivity index (χ4v) is 3.16. The van der Waals surface area contributed by atoms with E-state index in [0.29, 0.717) is 18.6 Å². The van der Waals surface area contributed by atoms with Crippen molar-refractivity contribution in [2.24, 2.45) is 11.3 Å². The predicted octanol–water partition coefficient (Wildman–Crippen LogP) is 1.12. The summed E-state index contributed by atoms with van der Waals surface area (Å²) in [6.45, 7) is 2.35. The number of rotatable bonds is 2. The van der Waals surface area contributed by atoms with Crippen LogP contribution in [0.2, 0.25) is 0 Å². The molecular formula is C10H14O3. The first-order chi connectivity index (χ1) is 6.28. The molecule has 0 radical (unpaired) electrons. The molecule has 0 amide bonds. The molecule has 1 saturated heterocycles. The Morgan fingerprint density at radius 1 is 1.69 bits per heavy atom. The highest BCUT2D eigenvalue weighted by Crippen LogP contribution is 2.64. The summed E-state index contributed by atoms with van der Waals surface area (Å²) >= 11 is 0. The second-order valence-corrected chi connectivity index (χ2v) is 4.40. The summed E-state index contributed by atoms with van der Waals surface area (Å²) in [5.74, 6) is 0.636. The molecule has 72 valence electrons. The normalized spacial score (nSPS) is 50.4. The van der Waals surface area contributed by atoms with Gasteiger partial charge in [0, 0.05) is 0 Å². The van der Waals surface area contributed by atoms with Crippen molar-refractivity contribution in [2.75, 3.05) is 6.61 Å². The van der Waals surface area contributed by atoms with Crippen LogP contribution in [0.15, 0.2) is 0 Å². The minimum absolute atomic E-state index is 0.0116. The minimum Gasteiger partial charge on any atom is -0.465 e. The Balaban J connectivity index is 1.84. The van der Waals surface area contributed by atoms with Crippen LogP contribution < -0.4 is 0 Å². The van der Waals surface area contributed by atoms with Crippen molar-refractivity contribution >= 4 is 5.97 Å². The maximum Gasteiger partial charge on any atom is 0.314 e. The lowest BCUT2D eigenvalue weighted by Gasteiger charge is -2.22. The Labute approximate surface area is 77.4 Å². The third-order valence-electron chi connectivity index (χ3n) is 3.80. The van der Waals surface area contributed by atoms with Crippen molar-refractivity contribution < 1.29 is 14.3 Å². The number of ether oxygens (including phenoxy) is 2. The molecule has 0 aromatic rings. The van der Waals surface area contributed by atoms with Gasteiger partial charge in [0.2, 0.25) is 0 Å². The molecule has 3 heteroatoms. The molecule has 0 N–H and O–H groups in total. The van der Waals surface area contributed by atoms with Crippen LogP contribution >= 0.6 is 0 Å². The van der Waals surface area contributed by atoms with E-state index in [4.69, 9.17) is 9.47 Å². The summed E-state index contributed by atoms with van der Waals surface area (Å²) in [5.41, 5.74) is -0.231. The van der Waals surface area contributed by atoms with Gasteiger partial charge in [-0.3, -0.25) is 4.79 Å². The number of epoxide rings is 1. The standard InChI is InChI=1S/C10H14O3/c1-2-12-9(11)10-4-3-6(5-10)7-8(10)13-7/h6-8H,2-5H2,1H3. The van der Waals surface area contributed by atoms with Crippen molar-refractivity contribution in [2.45, 2.75) is 38.4 Å². The first-order valence-corrected chi connectivity index (χ1v) is 5.10. The second kappa shape index (κ2) is 2.27. The molecule has 4 unspecified atom stereocenters. The molecule has 4 atom stereocenters. The fourth-order valence-electron chi connectivity index (χ4n) is 3.16. The van der Waals surface area contributed by atoms with Gasteiger partial charge in [-0.05, 0) is 32.1 Å². The van der Waals surface area contributed by atoms with Gasteiger partial charge in [0.05, 0.1) is 18.1 Å². The predicted molar refractivity (Wildman–Crippen MR) is 45.1 cm³/mol. The lowest BCUT2D eigenvalue weighted by Crippen LogP contribution is -2.34. The van der Waals surface area contributed by atoms with Gasteiger partial charge in [-0.25, -0.2) is 0 Å². The van der Waals surface area contributed by atoms with Crippen molar-refractivity contribution in [3.8, 4) is 0 Å². The Morgan fingerprint density at radius 2 is 2.54 bits per heavy atom. The van der Waals surface area contributed by atoms with Crippen LogP contribution in [-0.2, 0) is 14.3 Å². The van der Waals surface area contributed by atoms with Gasteiger partial charge >= 0.3 is 5.97 Å². The largest absolute Gasteiger partial charge is 0.465 e. The zero-order chi connectivity index (χ0) is 9.05. The number of carbonyl (C=O) groups is 1. The Morgan fingerprint density at radius 3 is 3.15 bits per heavy atom. The molecule has 0 spiro atoms. The fraction of sp³-hybridized carbons (Fsp3) is 0.900. The molecule has 2 aliphatic carbocycles. The third kappa shape index (κ3) is 0.810. The average Bonchev–Trinajstić information content (AvgIpc) is 2.75. The van der Waals surface area contributed by atoms with E-state index in [2.05, 4.69) is 0 Å². The van der Waals surface area contributed by atoms with Crippen molar-refractivity contribution in [3.05, 3.63) is 0 Å². The van der Waals surface area contributed by atoms with Crippen LogP contribution in [0, 0.1) is 11.3 Å². The molecular weight excluding hydrogens is 168 g/mol. The third-order valence-corrected chi connectivity index (χ3v) is 3.80. The van der Waals surface area contributed by atoms with Gasteiger partial charge in [-0.1, -0.05) is 0 Å². The first kappa shape index (κ1) is 7.80. The maximum absolute atomic E-state index is 11.8. The summed E-state index contributed by atoms with van der Waals surface area (Å²) in [5, 5.41) is 0. The summed E-state index contributed by atoms with van der Waals surface area (Å²) in [6, 6.07) is 0. The van der Waals surface area contributed by atoms with E-state index in [-0.39, 0.29) is 17.5 Å². The molecule has 3 rings (SSSR count). The van der Waals surface area contributed by atoms with Crippen molar-refractivity contribution in [1.82, 2.24) is 0 Å². The van der Waals surface area contributed by atoms with Crippen LogP contribution in [0.25, 0.3) is 0 Å². The van der Waals surface area contributed by atoms with Gasteiger partial charge < -0.3 is 9.47 Å². The van der Waals surface area contributed by atoms with Gasteiger partial charge in [0.15, 0.2) is 0 Å². The van der Waals surface area contributed by atoms with Gasteiger partial charge in [-0.15, -0.1) is 0 Å². The topological polar surface area (TPSA) is 38.8 Å². The summed E-state index contributed by atoms with van der Waals surface area (Å²) in [4.78, 5) is 11.8. The van der Waals surface area contributed by atoms with Crippen LogP contribution in [0.4, 0.5) is 0 Å². The molecule has 2 bridgehead atoms. The molecule has 3 nitrogen and oxygen atoms in total.